The van der Waals surface area contributed by atoms with Gasteiger partial charge in [-0.1, -0.05) is 5.16 Å². The number of aliphatic hydroxyl groups excluding tert-OH is 1. The van der Waals surface area contributed by atoms with Crippen molar-refractivity contribution in [3.63, 3.8) is 0 Å². The van der Waals surface area contributed by atoms with Crippen LogP contribution in [0.2, 0.25) is 0 Å². The van der Waals surface area contributed by atoms with Crippen LogP contribution in [0.4, 0.5) is 0 Å². The topological polar surface area (TPSA) is 66.6 Å². The molecule has 0 atom stereocenters. The van der Waals surface area contributed by atoms with E-state index >= 15 is 0 Å². The molecule has 0 aliphatic carbocycles. The number of hydrogen-bond acceptors (Lipinski definition) is 4. The molecule has 5 nitrogen and oxygen atoms in total. The lowest BCUT2D eigenvalue weighted by Gasteiger charge is -2.24. The second-order valence-electron chi connectivity index (χ2n) is 3.65. The van der Waals surface area contributed by atoms with E-state index in [2.05, 4.69) is 5.16 Å². The molecular formula is C10H16N2O3. The number of aromatic nitrogens is 1. The van der Waals surface area contributed by atoms with Crippen molar-refractivity contribution < 1.29 is 14.4 Å². The summed E-state index contributed by atoms with van der Waals surface area (Å²) in [6.45, 7) is 5.79. The molecule has 15 heavy (non-hydrogen) atoms. The van der Waals surface area contributed by atoms with Crippen LogP contribution in [-0.4, -0.2) is 40.3 Å². The fraction of sp³-hybridized carbons (Fsp3) is 0.600. The van der Waals surface area contributed by atoms with Crippen molar-refractivity contribution in [1.29, 1.82) is 0 Å². The first-order chi connectivity index (χ1) is 7.07. The van der Waals surface area contributed by atoms with Crippen LogP contribution < -0.4 is 0 Å². The van der Waals surface area contributed by atoms with Gasteiger partial charge in [0, 0.05) is 18.2 Å². The van der Waals surface area contributed by atoms with Gasteiger partial charge in [0.05, 0.1) is 12.8 Å². The Hall–Kier alpha value is -1.36. The lowest BCUT2D eigenvalue weighted by Crippen LogP contribution is -2.39. The number of rotatable bonds is 4. The maximum Gasteiger partial charge on any atom is 0.293 e. The van der Waals surface area contributed by atoms with Gasteiger partial charge in [-0.05, 0) is 20.8 Å². The minimum atomic E-state index is -0.228. The summed E-state index contributed by atoms with van der Waals surface area (Å²) in [5, 5.41) is 12.4. The molecule has 1 aromatic rings. The summed E-state index contributed by atoms with van der Waals surface area (Å²) in [6.07, 6.45) is 1.50. The minimum absolute atomic E-state index is 0.0224. The van der Waals surface area contributed by atoms with Gasteiger partial charge < -0.3 is 14.5 Å². The molecular weight excluding hydrogens is 196 g/mol. The van der Waals surface area contributed by atoms with Crippen LogP contribution in [0.5, 0.6) is 0 Å². The Bertz CT molecular complexity index is 333. The SMILES string of the molecule is Cc1cnoc1C(=O)N(CCO)C(C)C. The summed E-state index contributed by atoms with van der Waals surface area (Å²) in [5.74, 6) is 0.0196. The van der Waals surface area contributed by atoms with Gasteiger partial charge in [0.25, 0.3) is 5.91 Å². The molecule has 0 bridgehead atoms. The van der Waals surface area contributed by atoms with E-state index in [0.29, 0.717) is 12.1 Å². The third-order valence-electron chi connectivity index (χ3n) is 2.17. The van der Waals surface area contributed by atoms with Crippen LogP contribution in [0.1, 0.15) is 30.0 Å². The number of amides is 1. The van der Waals surface area contributed by atoms with Crippen molar-refractivity contribution in [3.05, 3.63) is 17.5 Å². The Balaban J connectivity index is 2.86. The molecule has 0 aromatic carbocycles. The van der Waals surface area contributed by atoms with Crippen LogP contribution >= 0.6 is 0 Å². The second-order valence-corrected chi connectivity index (χ2v) is 3.65. The summed E-state index contributed by atoms with van der Waals surface area (Å²) in [4.78, 5) is 13.5. The average Bonchev–Trinajstić information content (AvgIpc) is 2.59. The molecule has 0 saturated carbocycles. The normalized spacial score (nSPS) is 10.7. The highest BCUT2D eigenvalue weighted by Crippen LogP contribution is 2.11. The summed E-state index contributed by atoms with van der Waals surface area (Å²) >= 11 is 0. The van der Waals surface area contributed by atoms with Gasteiger partial charge in [-0.2, -0.15) is 0 Å². The smallest absolute Gasteiger partial charge is 0.293 e. The fourth-order valence-electron chi connectivity index (χ4n) is 1.33. The Morgan fingerprint density at radius 2 is 2.33 bits per heavy atom. The van der Waals surface area contributed by atoms with Crippen molar-refractivity contribution in [2.75, 3.05) is 13.2 Å². The van der Waals surface area contributed by atoms with Gasteiger partial charge >= 0.3 is 0 Å². The molecule has 84 valence electrons. The first kappa shape index (κ1) is 11.7. The summed E-state index contributed by atoms with van der Waals surface area (Å²) < 4.78 is 4.88. The van der Waals surface area contributed by atoms with Gasteiger partial charge in [-0.25, -0.2) is 0 Å². The average molecular weight is 212 g/mol. The van der Waals surface area contributed by atoms with Crippen molar-refractivity contribution in [2.45, 2.75) is 26.8 Å². The Morgan fingerprint density at radius 3 is 2.73 bits per heavy atom. The van der Waals surface area contributed by atoms with Crippen molar-refractivity contribution >= 4 is 5.91 Å². The zero-order chi connectivity index (χ0) is 11.4. The molecule has 1 rings (SSSR count). The molecule has 0 spiro atoms. The number of carbonyl (C=O) groups excluding carboxylic acids is 1. The summed E-state index contributed by atoms with van der Waals surface area (Å²) in [5.41, 5.74) is 0.712. The van der Waals surface area contributed by atoms with E-state index in [1.807, 2.05) is 13.8 Å². The van der Waals surface area contributed by atoms with E-state index in [1.165, 1.54) is 6.20 Å². The first-order valence-corrected chi connectivity index (χ1v) is 4.91. The van der Waals surface area contributed by atoms with E-state index < -0.39 is 0 Å². The van der Waals surface area contributed by atoms with Crippen LogP contribution in [0.3, 0.4) is 0 Å². The molecule has 0 saturated heterocycles. The van der Waals surface area contributed by atoms with Gasteiger partial charge in [-0.15, -0.1) is 0 Å². The predicted octanol–water partition coefficient (Wildman–Crippen LogP) is 0.826. The van der Waals surface area contributed by atoms with E-state index in [-0.39, 0.29) is 24.3 Å². The van der Waals surface area contributed by atoms with Gasteiger partial charge in [0.15, 0.2) is 0 Å². The van der Waals surface area contributed by atoms with Crippen LogP contribution in [0, 0.1) is 6.92 Å². The molecule has 0 aliphatic heterocycles. The van der Waals surface area contributed by atoms with E-state index in [9.17, 15) is 4.79 Å². The third kappa shape index (κ3) is 2.56. The zero-order valence-electron chi connectivity index (χ0n) is 9.23. The van der Waals surface area contributed by atoms with Crippen molar-refractivity contribution in [1.82, 2.24) is 10.1 Å². The molecule has 0 radical (unpaired) electrons. The lowest BCUT2D eigenvalue weighted by atomic mass is 10.2. The maximum absolute atomic E-state index is 11.9. The van der Waals surface area contributed by atoms with Gasteiger partial charge in [-0.3, -0.25) is 4.79 Å². The van der Waals surface area contributed by atoms with Gasteiger partial charge in [0.2, 0.25) is 5.76 Å². The number of carbonyl (C=O) groups is 1. The minimum Gasteiger partial charge on any atom is -0.395 e. The highest BCUT2D eigenvalue weighted by molar-refractivity contribution is 5.92. The Morgan fingerprint density at radius 1 is 1.67 bits per heavy atom. The molecule has 0 fully saturated rings. The molecule has 1 heterocycles. The molecule has 0 unspecified atom stereocenters. The highest BCUT2D eigenvalue weighted by Gasteiger charge is 2.23. The zero-order valence-corrected chi connectivity index (χ0v) is 9.23. The molecule has 1 amide bonds. The number of nitrogens with zero attached hydrogens (tertiary/aromatic N) is 2. The number of aryl methyl sites for hydroxylation is 1. The fourth-order valence-corrected chi connectivity index (χ4v) is 1.33. The van der Waals surface area contributed by atoms with Crippen LogP contribution in [0.25, 0.3) is 0 Å². The maximum atomic E-state index is 11.9. The van der Waals surface area contributed by atoms with E-state index in [0.717, 1.165) is 0 Å². The van der Waals surface area contributed by atoms with Gasteiger partial charge in [0.1, 0.15) is 0 Å². The van der Waals surface area contributed by atoms with Crippen LogP contribution in [-0.2, 0) is 0 Å². The molecule has 0 aliphatic rings. The second kappa shape index (κ2) is 4.93. The monoisotopic (exact) mass is 212 g/mol. The first-order valence-electron chi connectivity index (χ1n) is 4.91. The highest BCUT2D eigenvalue weighted by atomic mass is 16.5. The summed E-state index contributed by atoms with van der Waals surface area (Å²) in [6, 6.07) is 0.0224. The van der Waals surface area contributed by atoms with E-state index in [4.69, 9.17) is 9.63 Å². The largest absolute Gasteiger partial charge is 0.395 e. The quantitative estimate of drug-likeness (QED) is 0.802. The third-order valence-corrected chi connectivity index (χ3v) is 2.17. The number of aliphatic hydroxyl groups is 1. The number of hydrogen-bond donors (Lipinski definition) is 1. The van der Waals surface area contributed by atoms with E-state index in [1.54, 1.807) is 11.8 Å². The lowest BCUT2D eigenvalue weighted by molar-refractivity contribution is 0.0622. The molecule has 1 N–H and O–H groups in total. The van der Waals surface area contributed by atoms with Crippen LogP contribution in [0.15, 0.2) is 10.7 Å². The summed E-state index contributed by atoms with van der Waals surface area (Å²) in [7, 11) is 0. The van der Waals surface area contributed by atoms with Crippen molar-refractivity contribution in [2.24, 2.45) is 0 Å². The standard InChI is InChI=1S/C10H16N2O3/c1-7(2)12(4-5-13)10(14)9-8(3)6-11-15-9/h6-7,13H,4-5H2,1-3H3. The Kier molecular flexibility index (Phi) is 3.85. The predicted molar refractivity (Wildman–Crippen MR) is 54.5 cm³/mol. The Labute approximate surface area is 88.7 Å². The molecule has 1 aromatic heterocycles. The molecule has 5 heteroatoms. The van der Waals surface area contributed by atoms with Crippen molar-refractivity contribution in [3.8, 4) is 0 Å².